The Hall–Kier alpha value is -3.12. The van der Waals surface area contributed by atoms with E-state index in [0.29, 0.717) is 11.2 Å². The van der Waals surface area contributed by atoms with E-state index in [-0.39, 0.29) is 43.6 Å². The van der Waals surface area contributed by atoms with Gasteiger partial charge in [0, 0.05) is 0 Å². The fourth-order valence-corrected chi connectivity index (χ4v) is 10.9. The van der Waals surface area contributed by atoms with Gasteiger partial charge in [-0.2, -0.15) is 4.73 Å². The van der Waals surface area contributed by atoms with Crippen molar-refractivity contribution in [3.63, 3.8) is 0 Å². The minimum Gasteiger partial charge on any atom is -0.408 e. The molecule has 4 rings (SSSR count). The van der Waals surface area contributed by atoms with E-state index >= 15 is 0 Å². The molecule has 2 aromatic carbocycles. The number of nitrogens with zero attached hydrogens (tertiary/aromatic N) is 4. The van der Waals surface area contributed by atoms with Gasteiger partial charge < -0.3 is 28.8 Å². The lowest BCUT2D eigenvalue weighted by Crippen LogP contribution is -2.67. The number of aromatic nitrogens is 4. The molecule has 2 heterocycles. The minimum atomic E-state index is -3.49. The minimum absolute atomic E-state index is 0.0336. The Morgan fingerprint density at radius 1 is 0.905 bits per heavy atom. The molecule has 42 heavy (non-hydrogen) atoms. The van der Waals surface area contributed by atoms with Crippen molar-refractivity contribution in [2.24, 2.45) is 0 Å². The van der Waals surface area contributed by atoms with Crippen molar-refractivity contribution in [1.29, 1.82) is 0 Å². The van der Waals surface area contributed by atoms with Gasteiger partial charge in [0.05, 0.1) is 19.8 Å². The van der Waals surface area contributed by atoms with Crippen molar-refractivity contribution < 1.29 is 27.6 Å². The molecular weight excluding hydrogens is 573 g/mol. The van der Waals surface area contributed by atoms with Crippen LogP contribution < -0.4 is 20.9 Å². The highest BCUT2D eigenvalue weighted by molar-refractivity contribution is 7.53. The van der Waals surface area contributed by atoms with Crippen molar-refractivity contribution in [2.75, 3.05) is 38.5 Å². The molecule has 226 valence electrons. The van der Waals surface area contributed by atoms with Gasteiger partial charge in [0.25, 0.3) is 8.32 Å². The number of rotatable bonds is 15. The second-order valence-corrected chi connectivity index (χ2v) is 16.9. The number of benzene rings is 2. The molecule has 13 heteroatoms. The Morgan fingerprint density at radius 2 is 1.50 bits per heavy atom. The van der Waals surface area contributed by atoms with Crippen LogP contribution in [-0.4, -0.2) is 66.9 Å². The van der Waals surface area contributed by atoms with E-state index in [2.05, 4.69) is 60.0 Å². The number of hydrogen-bond donors (Lipinski definition) is 1. The van der Waals surface area contributed by atoms with Crippen molar-refractivity contribution in [3.8, 4) is 0 Å². The number of ether oxygens (including phenoxy) is 1. The summed E-state index contributed by atoms with van der Waals surface area (Å²) in [6, 6.07) is 20.6. The van der Waals surface area contributed by atoms with Crippen molar-refractivity contribution in [2.45, 2.75) is 45.8 Å². The predicted octanol–water partition coefficient (Wildman–Crippen LogP) is 4.02. The van der Waals surface area contributed by atoms with E-state index in [4.69, 9.17) is 28.8 Å². The van der Waals surface area contributed by atoms with E-state index in [9.17, 15) is 4.57 Å². The predicted molar refractivity (Wildman–Crippen MR) is 165 cm³/mol. The van der Waals surface area contributed by atoms with Crippen LogP contribution in [0, 0.1) is 0 Å². The Bertz CT molecular complexity index is 1420. The van der Waals surface area contributed by atoms with Crippen LogP contribution in [0.3, 0.4) is 0 Å². The Balaban J connectivity index is 1.66. The summed E-state index contributed by atoms with van der Waals surface area (Å²) >= 11 is 0. The summed E-state index contributed by atoms with van der Waals surface area (Å²) in [5.41, 5.74) is 6.79. The van der Waals surface area contributed by atoms with E-state index < -0.39 is 22.0 Å². The zero-order valence-electron chi connectivity index (χ0n) is 24.8. The lowest BCUT2D eigenvalue weighted by Gasteiger charge is -2.43. The summed E-state index contributed by atoms with van der Waals surface area (Å²) in [6.45, 7) is 10.8. The highest BCUT2D eigenvalue weighted by atomic mass is 31.2. The maximum atomic E-state index is 13.3. The summed E-state index contributed by atoms with van der Waals surface area (Å²) in [7, 11) is -6.38. The Labute approximate surface area is 248 Å². The zero-order valence-corrected chi connectivity index (χ0v) is 26.7. The highest BCUT2D eigenvalue weighted by Gasteiger charge is 2.50. The molecule has 0 spiro atoms. The number of imidazole rings is 1. The first-order valence-corrected chi connectivity index (χ1v) is 17.6. The molecule has 0 amide bonds. The van der Waals surface area contributed by atoms with Crippen LogP contribution >= 0.6 is 7.60 Å². The monoisotopic (exact) mass is 613 g/mol. The first-order valence-electron chi connectivity index (χ1n) is 13.9. The molecule has 0 aliphatic rings. The van der Waals surface area contributed by atoms with Gasteiger partial charge in [-0.1, -0.05) is 81.4 Å². The molecule has 0 saturated carbocycles. The molecule has 1 atom stereocenters. The third-order valence-electron chi connectivity index (χ3n) is 6.75. The molecule has 2 aromatic heterocycles. The Kier molecular flexibility index (Phi) is 10.5. The molecule has 0 bridgehead atoms. The highest BCUT2D eigenvalue weighted by Crippen LogP contribution is 2.48. The molecule has 2 N–H and O–H groups in total. The smallest absolute Gasteiger partial charge is 0.356 e. The second-order valence-electron chi connectivity index (χ2n) is 10.6. The number of anilines is 1. The summed E-state index contributed by atoms with van der Waals surface area (Å²) in [6.07, 6.45) is 1.91. The Morgan fingerprint density at radius 3 is 2.05 bits per heavy atom. The van der Waals surface area contributed by atoms with E-state index in [1.165, 1.54) is 17.4 Å². The number of hydrogen-bond acceptors (Lipinski definition) is 10. The summed E-state index contributed by atoms with van der Waals surface area (Å²) < 4.78 is 38.9. The van der Waals surface area contributed by atoms with Crippen LogP contribution in [0.5, 0.6) is 0 Å². The lowest BCUT2D eigenvalue weighted by molar-refractivity contribution is -0.0313. The fraction of sp³-hybridized carbons (Fsp3) is 0.414. The van der Waals surface area contributed by atoms with Crippen LogP contribution in [0.1, 0.15) is 34.6 Å². The van der Waals surface area contributed by atoms with Crippen molar-refractivity contribution in [1.82, 2.24) is 19.7 Å². The zero-order chi connectivity index (χ0) is 30.2. The summed E-state index contributed by atoms with van der Waals surface area (Å²) in [5.74, 6) is 0.250. The maximum absolute atomic E-state index is 13.3. The molecule has 4 aromatic rings. The largest absolute Gasteiger partial charge is 0.408 e. The SMILES string of the molecule is CCOP(=O)(COC(COn1cnc2c(N)ncnc21)CO[Si](c1ccccc1)(c1ccccc1)C(C)(C)C)OCC. The van der Waals surface area contributed by atoms with Gasteiger partial charge in [0.2, 0.25) is 5.65 Å². The molecule has 1 unspecified atom stereocenters. The van der Waals surface area contributed by atoms with Gasteiger partial charge in [-0.3, -0.25) is 4.57 Å². The molecule has 11 nitrogen and oxygen atoms in total. The molecule has 0 radical (unpaired) electrons. The quantitative estimate of drug-likeness (QED) is 0.155. The third kappa shape index (κ3) is 7.08. The van der Waals surface area contributed by atoms with Gasteiger partial charge in [-0.05, 0) is 29.3 Å². The standard InChI is InChI=1S/C29H40N5O6PSi/c1-6-38-41(35,39-7-2)22-36-23(18-37-34-21-33-26-27(30)31-20-32-28(26)34)19-40-42(29(3,4)5,24-14-10-8-11-15-24)25-16-12-9-13-17-25/h8-17,20-21,23H,6-7,18-19,22H2,1-5H3,(H2,30,31,32). The molecule has 0 aliphatic carbocycles. The summed E-state index contributed by atoms with van der Waals surface area (Å²) in [5, 5.41) is 2.01. The molecule has 0 aliphatic heterocycles. The fourth-order valence-electron chi connectivity index (χ4n) is 4.92. The normalized spacial score (nSPS) is 13.4. The maximum Gasteiger partial charge on any atom is 0.356 e. The number of nitrogens with two attached hydrogens (primary N) is 1. The van der Waals surface area contributed by atoms with Gasteiger partial charge in [-0.25, -0.2) is 15.0 Å². The summed E-state index contributed by atoms with van der Waals surface area (Å²) in [4.78, 5) is 18.6. The molecule has 0 saturated heterocycles. The van der Waals surface area contributed by atoms with Crippen LogP contribution in [0.4, 0.5) is 5.82 Å². The van der Waals surface area contributed by atoms with Crippen LogP contribution in [0.15, 0.2) is 73.3 Å². The van der Waals surface area contributed by atoms with Gasteiger partial charge >= 0.3 is 7.60 Å². The van der Waals surface area contributed by atoms with Crippen molar-refractivity contribution in [3.05, 3.63) is 73.3 Å². The molecular formula is C29H40N5O6PSi. The lowest BCUT2D eigenvalue weighted by atomic mass is 10.2. The first-order chi connectivity index (χ1) is 20.1. The van der Waals surface area contributed by atoms with E-state index in [0.717, 1.165) is 10.4 Å². The number of fused-ring (bicyclic) bond motifs is 1. The molecule has 0 fully saturated rings. The van der Waals surface area contributed by atoms with Gasteiger partial charge in [-0.15, -0.1) is 0 Å². The average molecular weight is 614 g/mol. The van der Waals surface area contributed by atoms with Crippen LogP contribution in [0.2, 0.25) is 5.04 Å². The third-order valence-corrected chi connectivity index (χ3v) is 13.5. The topological polar surface area (TPSA) is 133 Å². The average Bonchev–Trinajstić information content (AvgIpc) is 3.39. The van der Waals surface area contributed by atoms with Crippen molar-refractivity contribution >= 4 is 43.3 Å². The number of nitrogen functional groups attached to an aromatic ring is 1. The van der Waals surface area contributed by atoms with Gasteiger partial charge in [0.1, 0.15) is 31.7 Å². The van der Waals surface area contributed by atoms with E-state index in [1.807, 2.05) is 36.4 Å². The van der Waals surface area contributed by atoms with Crippen LogP contribution in [0.25, 0.3) is 11.2 Å². The first kappa shape index (κ1) is 31.8. The van der Waals surface area contributed by atoms with Gasteiger partial charge in [0.15, 0.2) is 11.3 Å². The van der Waals surface area contributed by atoms with E-state index in [1.54, 1.807) is 13.8 Å². The van der Waals surface area contributed by atoms with Crippen LogP contribution in [-0.2, 0) is 22.8 Å². The second kappa shape index (κ2) is 13.9.